The highest BCUT2D eigenvalue weighted by molar-refractivity contribution is 7.10. The van der Waals surface area contributed by atoms with Crippen molar-refractivity contribution in [2.45, 2.75) is 6.54 Å². The molecular formula is C12H9ClF2N2OS. The Morgan fingerprint density at radius 1 is 1.37 bits per heavy atom. The molecule has 0 fully saturated rings. The smallest absolute Gasteiger partial charge is 0.249 e. The number of rotatable bonds is 4. The Balaban J connectivity index is 2.12. The zero-order valence-electron chi connectivity index (χ0n) is 9.54. The summed E-state index contributed by atoms with van der Waals surface area (Å²) in [4.78, 5) is 11.7. The number of carbonyl (C=O) groups excluding carboxylic acids is 1. The van der Waals surface area contributed by atoms with Gasteiger partial charge in [0.05, 0.1) is 16.3 Å². The summed E-state index contributed by atoms with van der Waals surface area (Å²) in [5, 5.41) is 4.34. The number of thiophene rings is 1. The largest absolute Gasteiger partial charge is 0.377 e. The Hall–Kier alpha value is -1.66. The van der Waals surface area contributed by atoms with E-state index >= 15 is 0 Å². The van der Waals surface area contributed by atoms with Crippen LogP contribution in [0.15, 0.2) is 23.6 Å². The number of benzene rings is 1. The van der Waals surface area contributed by atoms with E-state index in [-0.39, 0.29) is 17.3 Å². The third-order valence-corrected chi connectivity index (χ3v) is 3.62. The normalized spacial score (nSPS) is 10.5. The van der Waals surface area contributed by atoms with Gasteiger partial charge in [0.2, 0.25) is 5.91 Å². The summed E-state index contributed by atoms with van der Waals surface area (Å²) < 4.78 is 26.4. The van der Waals surface area contributed by atoms with Gasteiger partial charge in [0.25, 0.3) is 0 Å². The molecule has 1 heterocycles. The van der Waals surface area contributed by atoms with E-state index in [4.69, 9.17) is 17.3 Å². The van der Waals surface area contributed by atoms with Gasteiger partial charge in [0.1, 0.15) is 5.82 Å². The van der Waals surface area contributed by atoms with E-state index in [2.05, 4.69) is 5.32 Å². The van der Waals surface area contributed by atoms with Crippen molar-refractivity contribution in [3.63, 3.8) is 0 Å². The molecule has 0 unspecified atom stereocenters. The predicted molar refractivity (Wildman–Crippen MR) is 71.5 cm³/mol. The SMILES string of the molecule is NC(=O)c1csc(CNc2c(F)cc(F)cc2Cl)c1. The molecule has 0 radical (unpaired) electrons. The van der Waals surface area contributed by atoms with E-state index in [1.165, 1.54) is 11.3 Å². The second kappa shape index (κ2) is 5.54. The maximum absolute atomic E-state index is 13.5. The van der Waals surface area contributed by atoms with Crippen LogP contribution in [0.2, 0.25) is 5.02 Å². The fraction of sp³-hybridized carbons (Fsp3) is 0.0833. The molecule has 100 valence electrons. The lowest BCUT2D eigenvalue weighted by atomic mass is 10.2. The van der Waals surface area contributed by atoms with Gasteiger partial charge in [-0.25, -0.2) is 8.78 Å². The van der Waals surface area contributed by atoms with Crippen LogP contribution in [0.1, 0.15) is 15.2 Å². The molecule has 7 heteroatoms. The summed E-state index contributed by atoms with van der Waals surface area (Å²) in [6.07, 6.45) is 0. The maximum Gasteiger partial charge on any atom is 0.249 e. The van der Waals surface area contributed by atoms with Crippen molar-refractivity contribution in [1.82, 2.24) is 0 Å². The third kappa shape index (κ3) is 3.21. The number of carbonyl (C=O) groups is 1. The van der Waals surface area contributed by atoms with Gasteiger partial charge < -0.3 is 11.1 Å². The molecule has 0 spiro atoms. The zero-order valence-corrected chi connectivity index (χ0v) is 11.1. The molecule has 0 atom stereocenters. The quantitative estimate of drug-likeness (QED) is 0.909. The average Bonchev–Trinajstić information content (AvgIpc) is 2.76. The van der Waals surface area contributed by atoms with Crippen LogP contribution in [0.3, 0.4) is 0 Å². The van der Waals surface area contributed by atoms with Gasteiger partial charge in [0.15, 0.2) is 5.82 Å². The molecule has 19 heavy (non-hydrogen) atoms. The standard InChI is InChI=1S/C12H9ClF2N2OS/c13-9-2-7(14)3-10(15)11(9)17-4-8-1-6(5-19-8)12(16)18/h1-3,5,17H,4H2,(H2,16,18). The van der Waals surface area contributed by atoms with Crippen molar-refractivity contribution in [1.29, 1.82) is 0 Å². The first-order valence-corrected chi connectivity index (χ1v) is 6.49. The minimum atomic E-state index is -0.767. The average molecular weight is 303 g/mol. The Bertz CT molecular complexity index is 607. The summed E-state index contributed by atoms with van der Waals surface area (Å²) >= 11 is 7.05. The summed E-state index contributed by atoms with van der Waals surface area (Å²) in [7, 11) is 0. The van der Waals surface area contributed by atoms with Gasteiger partial charge >= 0.3 is 0 Å². The highest BCUT2D eigenvalue weighted by atomic mass is 35.5. The van der Waals surface area contributed by atoms with Crippen molar-refractivity contribution < 1.29 is 13.6 Å². The van der Waals surface area contributed by atoms with E-state index in [0.29, 0.717) is 5.56 Å². The lowest BCUT2D eigenvalue weighted by Crippen LogP contribution is -2.09. The minimum absolute atomic E-state index is 0.0251. The number of halogens is 3. The van der Waals surface area contributed by atoms with E-state index < -0.39 is 17.5 Å². The van der Waals surface area contributed by atoms with Crippen LogP contribution >= 0.6 is 22.9 Å². The number of nitrogens with one attached hydrogen (secondary N) is 1. The lowest BCUT2D eigenvalue weighted by molar-refractivity contribution is 0.100. The maximum atomic E-state index is 13.5. The summed E-state index contributed by atoms with van der Waals surface area (Å²) in [6.45, 7) is 0.264. The molecule has 2 rings (SSSR count). The first kappa shape index (κ1) is 13.8. The molecule has 0 aliphatic rings. The van der Waals surface area contributed by atoms with Crippen molar-refractivity contribution in [3.8, 4) is 0 Å². The Labute approximate surface area is 117 Å². The molecule has 0 aliphatic heterocycles. The van der Waals surface area contributed by atoms with Gasteiger partial charge in [-0.15, -0.1) is 11.3 Å². The molecule has 1 aromatic carbocycles. The third-order valence-electron chi connectivity index (χ3n) is 2.38. The molecule has 1 amide bonds. The van der Waals surface area contributed by atoms with Crippen molar-refractivity contribution in [2.75, 3.05) is 5.32 Å². The van der Waals surface area contributed by atoms with Crippen LogP contribution in [-0.4, -0.2) is 5.91 Å². The molecule has 3 nitrogen and oxygen atoms in total. The van der Waals surface area contributed by atoms with E-state index in [0.717, 1.165) is 17.0 Å². The van der Waals surface area contributed by atoms with E-state index in [9.17, 15) is 13.6 Å². The van der Waals surface area contributed by atoms with Crippen molar-refractivity contribution in [3.05, 3.63) is 50.7 Å². The fourth-order valence-corrected chi connectivity index (χ4v) is 2.56. The van der Waals surface area contributed by atoms with Crippen molar-refractivity contribution >= 4 is 34.5 Å². The molecule has 0 aliphatic carbocycles. The summed E-state index contributed by atoms with van der Waals surface area (Å²) in [6, 6.07) is 3.38. The van der Waals surface area contributed by atoms with Gasteiger partial charge in [-0.3, -0.25) is 4.79 Å². The van der Waals surface area contributed by atoms with Gasteiger partial charge in [-0.2, -0.15) is 0 Å². The van der Waals surface area contributed by atoms with Crippen LogP contribution in [0.5, 0.6) is 0 Å². The number of nitrogens with two attached hydrogens (primary N) is 1. The van der Waals surface area contributed by atoms with Gasteiger partial charge in [-0.1, -0.05) is 11.6 Å². The van der Waals surface area contributed by atoms with Crippen LogP contribution in [0.25, 0.3) is 0 Å². The Morgan fingerprint density at radius 3 is 2.68 bits per heavy atom. The number of amides is 1. The fourth-order valence-electron chi connectivity index (χ4n) is 1.49. The minimum Gasteiger partial charge on any atom is -0.377 e. The van der Waals surface area contributed by atoms with E-state index in [1.807, 2.05) is 0 Å². The molecule has 1 aromatic heterocycles. The first-order chi connectivity index (χ1) is 8.97. The summed E-state index contributed by atoms with van der Waals surface area (Å²) in [5.74, 6) is -2.02. The second-order valence-corrected chi connectivity index (χ2v) is 5.17. The molecular weight excluding hydrogens is 294 g/mol. The number of hydrogen-bond donors (Lipinski definition) is 2. The lowest BCUT2D eigenvalue weighted by Gasteiger charge is -2.08. The Morgan fingerprint density at radius 2 is 2.11 bits per heavy atom. The topological polar surface area (TPSA) is 55.1 Å². The van der Waals surface area contributed by atoms with E-state index in [1.54, 1.807) is 11.4 Å². The van der Waals surface area contributed by atoms with Crippen LogP contribution < -0.4 is 11.1 Å². The first-order valence-electron chi connectivity index (χ1n) is 5.23. The molecule has 0 saturated heterocycles. The second-order valence-electron chi connectivity index (χ2n) is 3.76. The van der Waals surface area contributed by atoms with Crippen LogP contribution in [-0.2, 0) is 6.54 Å². The van der Waals surface area contributed by atoms with Crippen molar-refractivity contribution in [2.24, 2.45) is 5.73 Å². The van der Waals surface area contributed by atoms with Crippen LogP contribution in [0, 0.1) is 11.6 Å². The van der Waals surface area contributed by atoms with Crippen LogP contribution in [0.4, 0.5) is 14.5 Å². The van der Waals surface area contributed by atoms with Gasteiger partial charge in [-0.05, 0) is 12.1 Å². The Kier molecular flexibility index (Phi) is 4.01. The monoisotopic (exact) mass is 302 g/mol. The predicted octanol–water partition coefficient (Wildman–Crippen LogP) is 3.39. The molecule has 0 saturated carbocycles. The molecule has 0 bridgehead atoms. The number of anilines is 1. The molecule has 2 aromatic rings. The highest BCUT2D eigenvalue weighted by Crippen LogP contribution is 2.27. The summed E-state index contributed by atoms with van der Waals surface area (Å²) in [5.41, 5.74) is 5.54. The zero-order chi connectivity index (χ0) is 14.0. The van der Waals surface area contributed by atoms with Gasteiger partial charge in [0, 0.05) is 22.9 Å². The number of hydrogen-bond acceptors (Lipinski definition) is 3. The molecule has 3 N–H and O–H groups in total. The highest BCUT2D eigenvalue weighted by Gasteiger charge is 2.10. The number of primary amides is 1.